The summed E-state index contributed by atoms with van der Waals surface area (Å²) in [4.78, 5) is 78.5. The molecule has 6 rings (SSSR count). The molecule has 3 heterocycles. The number of ketones is 1. The number of benzene rings is 3. The number of aryl methyl sites for hydroxylation is 1. The molecule has 3 aromatic carbocycles. The number of hydrogen-bond donors (Lipinski definition) is 3. The quantitative estimate of drug-likeness (QED) is 0.0803. The molecule has 0 radical (unpaired) electrons. The van der Waals surface area contributed by atoms with E-state index in [9.17, 15) is 33.5 Å². The van der Waals surface area contributed by atoms with Gasteiger partial charge in [-0.15, -0.1) is 6.58 Å². The number of nitrogens with zero attached hydrogens (tertiary/aromatic N) is 5. The minimum absolute atomic E-state index is 0.00320. The number of fused-ring (bicyclic) bond motifs is 2. The number of nitrogens with one attached hydrogen (secondary N) is 1. The number of phosphoric acid groups is 1. The topological polar surface area (TPSA) is 165 Å². The Labute approximate surface area is 332 Å². The summed E-state index contributed by atoms with van der Waals surface area (Å²) < 4.78 is 18.3. The number of hydrazine groups is 1. The number of hydrogen-bond acceptors (Lipinski definition) is 7. The lowest BCUT2D eigenvalue weighted by Gasteiger charge is -2.55. The van der Waals surface area contributed by atoms with Gasteiger partial charge in [-0.1, -0.05) is 94.4 Å². The van der Waals surface area contributed by atoms with Gasteiger partial charge in [-0.25, -0.2) is 19.4 Å². The van der Waals surface area contributed by atoms with Crippen LogP contribution in [0, 0.1) is 5.41 Å². The Morgan fingerprint density at radius 1 is 1.00 bits per heavy atom. The molecule has 2 saturated heterocycles. The number of rotatable bonds is 14. The summed E-state index contributed by atoms with van der Waals surface area (Å²) >= 11 is 0. The first-order valence-electron chi connectivity index (χ1n) is 19.1. The third-order valence-corrected chi connectivity index (χ3v) is 10.5. The SMILES string of the molecule is C=CCN1CC(=O)N2[C@@H](Cc3ccc(OP(=O)(O)O)cc3)C(=O)N(Cc3cccc4c(C(=O)CC(C)(C)C)cn(CCC)c34)C[C@@H]2N1C(=O)NCc1ccccc1. The molecule has 1 aromatic heterocycles. The van der Waals surface area contributed by atoms with E-state index < -0.39 is 26.1 Å². The Balaban J connectivity index is 1.40. The van der Waals surface area contributed by atoms with Gasteiger partial charge in [0.1, 0.15) is 18.0 Å². The summed E-state index contributed by atoms with van der Waals surface area (Å²) in [5, 5.41) is 6.96. The van der Waals surface area contributed by atoms with Crippen LogP contribution in [-0.4, -0.2) is 89.6 Å². The van der Waals surface area contributed by atoms with Crippen molar-refractivity contribution >= 4 is 42.4 Å². The highest BCUT2D eigenvalue weighted by Crippen LogP contribution is 2.38. The predicted molar refractivity (Wildman–Crippen MR) is 216 cm³/mol. The number of carbonyl (C=O) groups excluding carboxylic acids is 4. The molecule has 2 fully saturated rings. The second-order valence-electron chi connectivity index (χ2n) is 15.8. The first-order chi connectivity index (χ1) is 27.1. The summed E-state index contributed by atoms with van der Waals surface area (Å²) in [5.41, 5.74) is 3.59. The zero-order valence-electron chi connectivity index (χ0n) is 32.8. The van der Waals surface area contributed by atoms with E-state index in [1.165, 1.54) is 22.0 Å². The third kappa shape index (κ3) is 9.65. The monoisotopic (exact) mass is 798 g/mol. The summed E-state index contributed by atoms with van der Waals surface area (Å²) in [6.45, 7) is 13.1. The summed E-state index contributed by atoms with van der Waals surface area (Å²) in [7, 11) is -4.80. The molecule has 2 aliphatic rings. The number of amides is 4. The van der Waals surface area contributed by atoms with Crippen LogP contribution in [0.5, 0.6) is 5.75 Å². The molecule has 57 heavy (non-hydrogen) atoms. The van der Waals surface area contributed by atoms with E-state index in [1.54, 1.807) is 28.1 Å². The standard InChI is InChI=1S/C42H51N6O8P/c1-6-20-44-26-34(36(49)23-42(3,4)5)33-15-11-14-31(39(33)44)25-45-27-37-47(35(40(45)51)22-29-16-18-32(19-17-29)56-57(53,54)55)38(50)28-46(21-7-2)48(37)41(52)43-24-30-12-9-8-10-13-30/h7-19,26,35,37H,2,6,20-25,27-28H2,1,3-5H3,(H,43,52)(H2,53,54,55)/t35-,37-/m0/s1. The number of carbonyl (C=O) groups is 4. The van der Waals surface area contributed by atoms with Gasteiger partial charge in [-0.2, -0.15) is 0 Å². The van der Waals surface area contributed by atoms with E-state index in [1.807, 2.05) is 75.5 Å². The smallest absolute Gasteiger partial charge is 0.404 e. The number of para-hydroxylation sites is 1. The average molecular weight is 799 g/mol. The molecule has 0 saturated carbocycles. The van der Waals surface area contributed by atoms with E-state index >= 15 is 0 Å². The molecule has 0 unspecified atom stereocenters. The molecule has 0 spiro atoms. The molecular formula is C42H51N6O8P. The van der Waals surface area contributed by atoms with Crippen molar-refractivity contribution in [1.82, 2.24) is 29.7 Å². The molecule has 4 aromatic rings. The fraction of sp³-hybridized carbons (Fsp3) is 0.381. The minimum atomic E-state index is -4.80. The van der Waals surface area contributed by atoms with Crippen molar-refractivity contribution in [1.29, 1.82) is 0 Å². The van der Waals surface area contributed by atoms with E-state index in [4.69, 9.17) is 4.52 Å². The fourth-order valence-corrected chi connectivity index (χ4v) is 8.13. The number of piperazine rings is 1. The zero-order chi connectivity index (χ0) is 41.1. The van der Waals surface area contributed by atoms with Crippen LogP contribution in [0.1, 0.15) is 67.6 Å². The Kier molecular flexibility index (Phi) is 12.4. The molecule has 2 aliphatic heterocycles. The molecule has 4 amide bonds. The van der Waals surface area contributed by atoms with Crippen LogP contribution in [0.4, 0.5) is 4.79 Å². The van der Waals surface area contributed by atoms with Crippen molar-refractivity contribution in [3.8, 4) is 5.75 Å². The molecule has 3 N–H and O–H groups in total. The second-order valence-corrected chi connectivity index (χ2v) is 16.9. The molecule has 0 bridgehead atoms. The maximum Gasteiger partial charge on any atom is 0.524 e. The van der Waals surface area contributed by atoms with Gasteiger partial charge >= 0.3 is 13.9 Å². The molecule has 302 valence electrons. The minimum Gasteiger partial charge on any atom is -0.404 e. The van der Waals surface area contributed by atoms with Crippen LogP contribution in [0.2, 0.25) is 0 Å². The highest BCUT2D eigenvalue weighted by Gasteiger charge is 2.51. The van der Waals surface area contributed by atoms with Crippen LogP contribution < -0.4 is 9.84 Å². The van der Waals surface area contributed by atoms with Gasteiger partial charge in [0.05, 0.1) is 18.6 Å². The lowest BCUT2D eigenvalue weighted by molar-refractivity contribution is -0.189. The van der Waals surface area contributed by atoms with Crippen molar-refractivity contribution in [2.75, 3.05) is 19.6 Å². The Morgan fingerprint density at radius 2 is 1.72 bits per heavy atom. The van der Waals surface area contributed by atoms with E-state index in [0.29, 0.717) is 24.1 Å². The first-order valence-corrected chi connectivity index (χ1v) is 20.6. The Morgan fingerprint density at radius 3 is 2.37 bits per heavy atom. The summed E-state index contributed by atoms with van der Waals surface area (Å²) in [6, 6.07) is 19.7. The summed E-state index contributed by atoms with van der Waals surface area (Å²) in [5.74, 6) is -0.678. The second kappa shape index (κ2) is 17.1. The molecule has 0 aliphatic carbocycles. The van der Waals surface area contributed by atoms with Gasteiger partial charge in [0, 0.05) is 56.2 Å². The van der Waals surface area contributed by atoms with E-state index in [-0.39, 0.29) is 67.9 Å². The number of urea groups is 1. The van der Waals surface area contributed by atoms with E-state index in [2.05, 4.69) is 23.4 Å². The Bertz CT molecular complexity index is 2180. The van der Waals surface area contributed by atoms with Crippen LogP contribution in [0.25, 0.3) is 10.9 Å². The zero-order valence-corrected chi connectivity index (χ0v) is 33.7. The third-order valence-electron chi connectivity index (χ3n) is 10.0. The van der Waals surface area contributed by atoms with Crippen molar-refractivity contribution in [2.24, 2.45) is 5.41 Å². The van der Waals surface area contributed by atoms with Gasteiger partial charge in [0.25, 0.3) is 0 Å². The lowest BCUT2D eigenvalue weighted by Crippen LogP contribution is -2.76. The van der Waals surface area contributed by atoms with Crippen LogP contribution in [-0.2, 0) is 40.2 Å². The molecular weight excluding hydrogens is 747 g/mol. The maximum absolute atomic E-state index is 14.8. The van der Waals surface area contributed by atoms with E-state index in [0.717, 1.165) is 28.5 Å². The van der Waals surface area contributed by atoms with Gasteiger partial charge in [0.15, 0.2) is 5.78 Å². The lowest BCUT2D eigenvalue weighted by atomic mass is 9.87. The number of Topliss-reactive ketones (excluding diaryl/α,β-unsaturated/α-hetero) is 1. The van der Waals surface area contributed by atoms with Crippen molar-refractivity contribution in [2.45, 2.75) is 78.8 Å². The van der Waals surface area contributed by atoms with Crippen LogP contribution >= 0.6 is 7.82 Å². The average Bonchev–Trinajstić information content (AvgIpc) is 3.52. The predicted octanol–water partition coefficient (Wildman–Crippen LogP) is 5.88. The number of phosphoric ester groups is 1. The van der Waals surface area contributed by atoms with Gasteiger partial charge in [0.2, 0.25) is 11.8 Å². The number of aromatic nitrogens is 1. The van der Waals surface area contributed by atoms with Crippen LogP contribution in [0.15, 0.2) is 91.6 Å². The van der Waals surface area contributed by atoms with Crippen LogP contribution in [0.3, 0.4) is 0 Å². The highest BCUT2D eigenvalue weighted by molar-refractivity contribution is 7.46. The molecule has 2 atom stereocenters. The molecule has 14 nitrogen and oxygen atoms in total. The van der Waals surface area contributed by atoms with Gasteiger partial charge < -0.3 is 24.2 Å². The Hall–Kier alpha value is -5.27. The van der Waals surface area contributed by atoms with Gasteiger partial charge in [-0.3, -0.25) is 24.2 Å². The fourth-order valence-electron chi connectivity index (χ4n) is 7.73. The largest absolute Gasteiger partial charge is 0.524 e. The first kappa shape index (κ1) is 41.4. The maximum atomic E-state index is 14.8. The van der Waals surface area contributed by atoms with Gasteiger partial charge in [-0.05, 0) is 40.7 Å². The van der Waals surface area contributed by atoms with Crippen molar-refractivity contribution < 1.29 is 38.1 Å². The molecule has 15 heteroatoms. The summed E-state index contributed by atoms with van der Waals surface area (Å²) in [6.07, 6.45) is 3.88. The highest BCUT2D eigenvalue weighted by atomic mass is 31.2. The van der Waals surface area contributed by atoms with Crippen molar-refractivity contribution in [3.63, 3.8) is 0 Å². The van der Waals surface area contributed by atoms with Crippen molar-refractivity contribution in [3.05, 3.63) is 114 Å². The normalized spacial score (nSPS) is 17.8.